The zero-order valence-electron chi connectivity index (χ0n) is 9.74. The van der Waals surface area contributed by atoms with Crippen molar-refractivity contribution in [3.8, 4) is 0 Å². The zero-order chi connectivity index (χ0) is 13.7. The lowest BCUT2D eigenvalue weighted by molar-refractivity contribution is -0.141. The van der Waals surface area contributed by atoms with Gasteiger partial charge in [-0.25, -0.2) is 4.39 Å². The van der Waals surface area contributed by atoms with Crippen LogP contribution in [0.5, 0.6) is 0 Å². The molecule has 0 spiro atoms. The fourth-order valence-corrected chi connectivity index (χ4v) is 1.38. The fourth-order valence-electron chi connectivity index (χ4n) is 1.27. The monoisotopic (exact) mass is 273 g/mol. The van der Waals surface area contributed by atoms with Crippen LogP contribution in [0.2, 0.25) is 5.02 Å². The van der Waals surface area contributed by atoms with Crippen molar-refractivity contribution in [2.75, 3.05) is 6.54 Å². The van der Waals surface area contributed by atoms with Gasteiger partial charge >= 0.3 is 5.97 Å². The van der Waals surface area contributed by atoms with Crippen molar-refractivity contribution < 1.29 is 19.1 Å². The van der Waals surface area contributed by atoms with Crippen LogP contribution < -0.4 is 5.32 Å². The van der Waals surface area contributed by atoms with Crippen LogP contribution >= 0.6 is 11.6 Å². The topological polar surface area (TPSA) is 66.4 Å². The first kappa shape index (κ1) is 14.4. The predicted molar refractivity (Wildman–Crippen MR) is 65.2 cm³/mol. The molecule has 1 amide bonds. The molecule has 4 nitrogen and oxygen atoms in total. The maximum atomic E-state index is 13.1. The summed E-state index contributed by atoms with van der Waals surface area (Å²) in [5.74, 6) is -2.57. The maximum absolute atomic E-state index is 13.1. The van der Waals surface area contributed by atoms with Crippen LogP contribution in [-0.4, -0.2) is 23.5 Å². The summed E-state index contributed by atoms with van der Waals surface area (Å²) in [4.78, 5) is 22.1. The van der Waals surface area contributed by atoms with Crippen LogP contribution in [0.3, 0.4) is 0 Å². The van der Waals surface area contributed by atoms with E-state index >= 15 is 0 Å². The highest BCUT2D eigenvalue weighted by Gasteiger charge is 2.12. The summed E-state index contributed by atoms with van der Waals surface area (Å²) >= 11 is 5.49. The Labute approximate surface area is 109 Å². The molecule has 1 atom stereocenters. The molecular weight excluding hydrogens is 261 g/mol. The Morgan fingerprint density at radius 2 is 2.17 bits per heavy atom. The average molecular weight is 274 g/mol. The molecule has 1 aromatic rings. The molecule has 1 unspecified atom stereocenters. The Balaban J connectivity index is 2.50. The number of carbonyl (C=O) groups is 2. The quantitative estimate of drug-likeness (QED) is 0.865. The molecule has 0 heterocycles. The van der Waals surface area contributed by atoms with Gasteiger partial charge in [0.1, 0.15) is 5.82 Å². The summed E-state index contributed by atoms with van der Waals surface area (Å²) in [6, 6.07) is 3.74. The number of hydrogen-bond acceptors (Lipinski definition) is 2. The van der Waals surface area contributed by atoms with Crippen molar-refractivity contribution in [3.63, 3.8) is 0 Å². The first-order valence-electron chi connectivity index (χ1n) is 5.38. The normalized spacial score (nSPS) is 11.9. The Kier molecular flexibility index (Phi) is 5.09. The largest absolute Gasteiger partial charge is 0.481 e. The molecule has 0 aliphatic rings. The third kappa shape index (κ3) is 4.00. The van der Waals surface area contributed by atoms with E-state index in [9.17, 15) is 14.0 Å². The molecule has 98 valence electrons. The van der Waals surface area contributed by atoms with Gasteiger partial charge in [0.15, 0.2) is 0 Å². The Morgan fingerprint density at radius 1 is 1.50 bits per heavy atom. The molecule has 0 aromatic heterocycles. The summed E-state index contributed by atoms with van der Waals surface area (Å²) in [6.45, 7) is 1.77. The molecule has 0 fully saturated rings. The van der Waals surface area contributed by atoms with Crippen LogP contribution in [0, 0.1) is 11.7 Å². The Hall–Kier alpha value is -1.62. The van der Waals surface area contributed by atoms with Gasteiger partial charge in [0.25, 0.3) is 5.91 Å². The molecule has 6 heteroatoms. The fraction of sp³-hybridized carbons (Fsp3) is 0.333. The lowest BCUT2D eigenvalue weighted by Gasteiger charge is -2.08. The van der Waals surface area contributed by atoms with E-state index in [4.69, 9.17) is 16.7 Å². The van der Waals surface area contributed by atoms with E-state index < -0.39 is 23.6 Å². The van der Waals surface area contributed by atoms with Gasteiger partial charge in [-0.3, -0.25) is 9.59 Å². The van der Waals surface area contributed by atoms with Gasteiger partial charge in [-0.2, -0.15) is 0 Å². The summed E-state index contributed by atoms with van der Waals surface area (Å²) in [7, 11) is 0. The van der Waals surface area contributed by atoms with Crippen molar-refractivity contribution in [3.05, 3.63) is 34.6 Å². The minimum atomic E-state index is -0.915. The number of hydrogen-bond donors (Lipinski definition) is 2. The average Bonchev–Trinajstić information content (AvgIpc) is 2.32. The van der Waals surface area contributed by atoms with Gasteiger partial charge in [0, 0.05) is 12.1 Å². The molecule has 18 heavy (non-hydrogen) atoms. The van der Waals surface area contributed by atoms with E-state index in [1.807, 2.05) is 0 Å². The van der Waals surface area contributed by atoms with Crippen molar-refractivity contribution in [2.45, 2.75) is 13.3 Å². The second-order valence-electron chi connectivity index (χ2n) is 3.91. The highest BCUT2D eigenvalue weighted by atomic mass is 35.5. The number of nitrogens with one attached hydrogen (secondary N) is 1. The molecule has 0 saturated heterocycles. The van der Waals surface area contributed by atoms with Gasteiger partial charge in [-0.05, 0) is 24.6 Å². The highest BCUT2D eigenvalue weighted by Crippen LogP contribution is 2.15. The second kappa shape index (κ2) is 6.35. The van der Waals surface area contributed by atoms with Gasteiger partial charge < -0.3 is 10.4 Å². The lowest BCUT2D eigenvalue weighted by atomic mass is 10.1. The lowest BCUT2D eigenvalue weighted by Crippen LogP contribution is -2.27. The molecule has 0 saturated carbocycles. The zero-order valence-corrected chi connectivity index (χ0v) is 10.5. The first-order chi connectivity index (χ1) is 8.41. The number of amides is 1. The van der Waals surface area contributed by atoms with Crippen LogP contribution in [0.4, 0.5) is 4.39 Å². The number of carboxylic acids is 1. The van der Waals surface area contributed by atoms with Gasteiger partial charge in [0.05, 0.1) is 10.9 Å². The van der Waals surface area contributed by atoms with Crippen molar-refractivity contribution in [1.82, 2.24) is 5.32 Å². The van der Waals surface area contributed by atoms with Crippen molar-refractivity contribution >= 4 is 23.5 Å². The molecule has 1 aromatic carbocycles. The smallest absolute Gasteiger partial charge is 0.306 e. The SMILES string of the molecule is CC(CCNC(=O)c1ccc(Cl)c(F)c1)C(=O)O. The van der Waals surface area contributed by atoms with E-state index in [0.29, 0.717) is 6.42 Å². The van der Waals surface area contributed by atoms with Gasteiger partial charge in [-0.15, -0.1) is 0 Å². The molecule has 2 N–H and O–H groups in total. The molecule has 0 radical (unpaired) electrons. The number of aliphatic carboxylic acids is 1. The summed E-state index contributed by atoms with van der Waals surface area (Å²) in [5.41, 5.74) is 0.153. The van der Waals surface area contributed by atoms with E-state index in [-0.39, 0.29) is 17.1 Å². The molecular formula is C12H13ClFNO3. The number of rotatable bonds is 5. The van der Waals surface area contributed by atoms with E-state index in [1.54, 1.807) is 6.92 Å². The second-order valence-corrected chi connectivity index (χ2v) is 4.32. The van der Waals surface area contributed by atoms with Gasteiger partial charge in [0.2, 0.25) is 0 Å². The van der Waals surface area contributed by atoms with E-state index in [0.717, 1.165) is 6.07 Å². The van der Waals surface area contributed by atoms with E-state index in [1.165, 1.54) is 12.1 Å². The molecule has 0 bridgehead atoms. The summed E-state index contributed by atoms with van der Waals surface area (Å²) < 4.78 is 13.1. The summed E-state index contributed by atoms with van der Waals surface area (Å²) in [5, 5.41) is 11.1. The minimum absolute atomic E-state index is 0.0500. The number of halogens is 2. The van der Waals surface area contributed by atoms with Crippen LogP contribution in [0.1, 0.15) is 23.7 Å². The maximum Gasteiger partial charge on any atom is 0.306 e. The predicted octanol–water partition coefficient (Wildman–Crippen LogP) is 2.32. The third-order valence-corrected chi connectivity index (χ3v) is 2.77. The molecule has 0 aliphatic carbocycles. The molecule has 0 aliphatic heterocycles. The minimum Gasteiger partial charge on any atom is -0.481 e. The van der Waals surface area contributed by atoms with Crippen LogP contribution in [0.15, 0.2) is 18.2 Å². The number of carboxylic acid groups (broad SMARTS) is 1. The third-order valence-electron chi connectivity index (χ3n) is 2.47. The number of benzene rings is 1. The standard InChI is InChI=1S/C12H13ClFNO3/c1-7(12(17)18)4-5-15-11(16)8-2-3-9(13)10(14)6-8/h2-3,6-7H,4-5H2,1H3,(H,15,16)(H,17,18). The van der Waals surface area contributed by atoms with Crippen LogP contribution in [-0.2, 0) is 4.79 Å². The van der Waals surface area contributed by atoms with Gasteiger partial charge in [-0.1, -0.05) is 18.5 Å². The van der Waals surface area contributed by atoms with Crippen molar-refractivity contribution in [2.24, 2.45) is 5.92 Å². The van der Waals surface area contributed by atoms with E-state index in [2.05, 4.69) is 5.32 Å². The highest BCUT2D eigenvalue weighted by molar-refractivity contribution is 6.30. The Morgan fingerprint density at radius 3 is 2.72 bits per heavy atom. The molecule has 1 rings (SSSR count). The Bertz CT molecular complexity index is 465. The number of carbonyl (C=O) groups excluding carboxylic acids is 1. The first-order valence-corrected chi connectivity index (χ1v) is 5.75. The summed E-state index contributed by atoms with van der Waals surface area (Å²) in [6.07, 6.45) is 0.317. The van der Waals surface area contributed by atoms with Crippen molar-refractivity contribution in [1.29, 1.82) is 0 Å². The van der Waals surface area contributed by atoms with Crippen LogP contribution in [0.25, 0.3) is 0 Å².